The predicted octanol–water partition coefficient (Wildman–Crippen LogP) is 3.03. The number of amides is 1. The fourth-order valence-electron chi connectivity index (χ4n) is 2.92. The minimum Gasteiger partial charge on any atom is -0.325 e. The van der Waals surface area contributed by atoms with Gasteiger partial charge < -0.3 is 5.32 Å². The first-order valence-electron chi connectivity index (χ1n) is 7.84. The van der Waals surface area contributed by atoms with Gasteiger partial charge in [0, 0.05) is 35.1 Å². The van der Waals surface area contributed by atoms with E-state index in [2.05, 4.69) is 5.32 Å². The van der Waals surface area contributed by atoms with Crippen molar-refractivity contribution in [3.05, 3.63) is 41.8 Å². The van der Waals surface area contributed by atoms with Crippen molar-refractivity contribution in [2.45, 2.75) is 12.8 Å². The van der Waals surface area contributed by atoms with E-state index in [0.29, 0.717) is 25.9 Å². The average Bonchev–Trinajstić information content (AvgIpc) is 3.09. The summed E-state index contributed by atoms with van der Waals surface area (Å²) in [6, 6.07) is 11.8. The molecule has 128 valence electrons. The van der Waals surface area contributed by atoms with Gasteiger partial charge in [0.15, 0.2) is 0 Å². The van der Waals surface area contributed by atoms with Gasteiger partial charge in [0.2, 0.25) is 15.9 Å². The van der Waals surface area contributed by atoms with Crippen LogP contribution in [-0.4, -0.2) is 38.0 Å². The van der Waals surface area contributed by atoms with Crippen molar-refractivity contribution < 1.29 is 13.2 Å². The molecule has 1 aromatic carbocycles. The lowest BCUT2D eigenvalue weighted by molar-refractivity contribution is -0.120. The van der Waals surface area contributed by atoms with Crippen LogP contribution < -0.4 is 5.32 Å². The molecular formula is C17H20N2O3S2. The highest BCUT2D eigenvalue weighted by Crippen LogP contribution is 2.32. The van der Waals surface area contributed by atoms with E-state index in [1.165, 1.54) is 10.6 Å². The highest BCUT2D eigenvalue weighted by Gasteiger charge is 2.29. The highest BCUT2D eigenvalue weighted by atomic mass is 32.2. The Morgan fingerprint density at radius 1 is 1.17 bits per heavy atom. The predicted molar refractivity (Wildman–Crippen MR) is 97.5 cm³/mol. The van der Waals surface area contributed by atoms with Gasteiger partial charge in [-0.2, -0.15) is 0 Å². The van der Waals surface area contributed by atoms with Crippen LogP contribution in [0, 0.1) is 5.92 Å². The number of nitrogens with zero attached hydrogens (tertiary/aromatic N) is 1. The number of thiophene rings is 1. The Labute approximate surface area is 146 Å². The molecule has 0 saturated carbocycles. The summed E-state index contributed by atoms with van der Waals surface area (Å²) in [4.78, 5) is 13.7. The lowest BCUT2D eigenvalue weighted by Crippen LogP contribution is -2.40. The molecule has 1 fully saturated rings. The maximum absolute atomic E-state index is 12.6. The number of para-hydroxylation sites is 1. The second-order valence-electron chi connectivity index (χ2n) is 5.95. The quantitative estimate of drug-likeness (QED) is 0.907. The number of nitrogens with one attached hydrogen (secondary N) is 1. The van der Waals surface area contributed by atoms with Gasteiger partial charge in [0.25, 0.3) is 0 Å². The zero-order valence-electron chi connectivity index (χ0n) is 13.4. The van der Waals surface area contributed by atoms with Gasteiger partial charge in [-0.1, -0.05) is 24.3 Å². The van der Waals surface area contributed by atoms with Crippen LogP contribution in [-0.2, 0) is 14.8 Å². The summed E-state index contributed by atoms with van der Waals surface area (Å²) in [6.07, 6.45) is 2.32. The Hall–Kier alpha value is -1.70. The molecule has 0 atom stereocenters. The molecule has 0 unspecified atom stereocenters. The fraction of sp³-hybridized carbons (Fsp3) is 0.353. The molecule has 0 aliphatic carbocycles. The van der Waals surface area contributed by atoms with Crippen LogP contribution in [0.3, 0.4) is 0 Å². The first kappa shape index (κ1) is 17.1. The van der Waals surface area contributed by atoms with Crippen LogP contribution in [0.25, 0.3) is 10.4 Å². The van der Waals surface area contributed by atoms with Gasteiger partial charge in [-0.15, -0.1) is 11.3 Å². The summed E-state index contributed by atoms with van der Waals surface area (Å²) in [5.41, 5.74) is 1.81. The fourth-order valence-corrected chi connectivity index (χ4v) is 4.56. The van der Waals surface area contributed by atoms with Crippen molar-refractivity contribution in [3.8, 4) is 10.4 Å². The summed E-state index contributed by atoms with van der Waals surface area (Å²) < 4.78 is 24.6. The second-order valence-corrected chi connectivity index (χ2v) is 8.88. The zero-order chi connectivity index (χ0) is 17.2. The number of sulfonamides is 1. The number of piperidine rings is 1. The van der Waals surface area contributed by atoms with E-state index in [0.717, 1.165) is 16.1 Å². The summed E-state index contributed by atoms with van der Waals surface area (Å²) in [7, 11) is -3.17. The molecule has 0 radical (unpaired) electrons. The first-order valence-corrected chi connectivity index (χ1v) is 10.6. The zero-order valence-corrected chi connectivity index (χ0v) is 15.1. The maximum atomic E-state index is 12.6. The Balaban J connectivity index is 1.69. The third-order valence-electron chi connectivity index (χ3n) is 4.27. The standard InChI is InChI=1S/C17H20N2O3S2/c1-24(21,22)19-10-8-13(9-11-19)17(20)18-15-6-3-2-5-14(15)16-7-4-12-23-16/h2-7,12-13H,8-11H2,1H3,(H,18,20). The molecule has 5 nitrogen and oxygen atoms in total. The molecule has 2 heterocycles. The minimum atomic E-state index is -3.17. The monoisotopic (exact) mass is 364 g/mol. The van der Waals surface area contributed by atoms with Crippen LogP contribution in [0.5, 0.6) is 0 Å². The SMILES string of the molecule is CS(=O)(=O)N1CCC(C(=O)Nc2ccccc2-c2cccs2)CC1. The van der Waals surface area contributed by atoms with Gasteiger partial charge in [-0.05, 0) is 30.4 Å². The number of hydrogen-bond acceptors (Lipinski definition) is 4. The van der Waals surface area contributed by atoms with E-state index in [9.17, 15) is 13.2 Å². The van der Waals surface area contributed by atoms with E-state index < -0.39 is 10.0 Å². The van der Waals surface area contributed by atoms with Gasteiger partial charge in [-0.3, -0.25) is 4.79 Å². The van der Waals surface area contributed by atoms with Crippen LogP contribution in [0.1, 0.15) is 12.8 Å². The highest BCUT2D eigenvalue weighted by molar-refractivity contribution is 7.88. The van der Waals surface area contributed by atoms with Crippen molar-refractivity contribution in [1.29, 1.82) is 0 Å². The Morgan fingerprint density at radius 2 is 1.88 bits per heavy atom. The molecule has 1 saturated heterocycles. The van der Waals surface area contributed by atoms with Crippen molar-refractivity contribution in [2.75, 3.05) is 24.7 Å². The minimum absolute atomic E-state index is 0.0350. The van der Waals surface area contributed by atoms with Crippen LogP contribution in [0.4, 0.5) is 5.69 Å². The Morgan fingerprint density at radius 3 is 2.50 bits per heavy atom. The third kappa shape index (κ3) is 3.85. The molecule has 0 bridgehead atoms. The summed E-state index contributed by atoms with van der Waals surface area (Å²) in [5.74, 6) is -0.188. The molecule has 1 aromatic heterocycles. The lowest BCUT2D eigenvalue weighted by Gasteiger charge is -2.29. The second kappa shape index (κ2) is 7.04. The number of carbonyl (C=O) groups excluding carboxylic acids is 1. The van der Waals surface area contributed by atoms with E-state index in [-0.39, 0.29) is 11.8 Å². The topological polar surface area (TPSA) is 66.5 Å². The van der Waals surface area contributed by atoms with Crippen LogP contribution >= 0.6 is 11.3 Å². The van der Waals surface area contributed by atoms with Crippen molar-refractivity contribution in [2.24, 2.45) is 5.92 Å². The molecule has 7 heteroatoms. The van der Waals surface area contributed by atoms with Gasteiger partial charge in [-0.25, -0.2) is 12.7 Å². The lowest BCUT2D eigenvalue weighted by atomic mass is 9.97. The van der Waals surface area contributed by atoms with E-state index in [4.69, 9.17) is 0 Å². The van der Waals surface area contributed by atoms with Gasteiger partial charge in [0.1, 0.15) is 0 Å². The van der Waals surface area contributed by atoms with Gasteiger partial charge >= 0.3 is 0 Å². The molecule has 3 rings (SSSR count). The third-order valence-corrected chi connectivity index (χ3v) is 6.47. The molecular weight excluding hydrogens is 344 g/mol. The number of benzene rings is 1. The van der Waals surface area contributed by atoms with Crippen LogP contribution in [0.2, 0.25) is 0 Å². The molecule has 0 spiro atoms. The summed E-state index contributed by atoms with van der Waals surface area (Å²) in [5, 5.41) is 5.03. The number of carbonyl (C=O) groups is 1. The largest absolute Gasteiger partial charge is 0.325 e. The number of rotatable bonds is 4. The first-order chi connectivity index (χ1) is 11.4. The molecule has 1 amide bonds. The van der Waals surface area contributed by atoms with E-state index in [1.54, 1.807) is 11.3 Å². The average molecular weight is 364 g/mol. The molecule has 24 heavy (non-hydrogen) atoms. The van der Waals surface area contributed by atoms with E-state index in [1.807, 2.05) is 41.8 Å². The molecule has 1 aliphatic heterocycles. The number of anilines is 1. The summed E-state index contributed by atoms with van der Waals surface area (Å²) in [6.45, 7) is 0.812. The maximum Gasteiger partial charge on any atom is 0.227 e. The molecule has 1 N–H and O–H groups in total. The number of hydrogen-bond donors (Lipinski definition) is 1. The Bertz CT molecular complexity index is 808. The molecule has 2 aromatic rings. The van der Waals surface area contributed by atoms with Crippen molar-refractivity contribution >= 4 is 33.0 Å². The van der Waals surface area contributed by atoms with Crippen molar-refractivity contribution in [3.63, 3.8) is 0 Å². The van der Waals surface area contributed by atoms with Crippen LogP contribution in [0.15, 0.2) is 41.8 Å². The summed E-state index contributed by atoms with van der Waals surface area (Å²) >= 11 is 1.63. The van der Waals surface area contributed by atoms with E-state index >= 15 is 0 Å². The molecule has 1 aliphatic rings. The normalized spacial score (nSPS) is 16.9. The van der Waals surface area contributed by atoms with Crippen molar-refractivity contribution in [1.82, 2.24) is 4.31 Å². The van der Waals surface area contributed by atoms with Gasteiger partial charge in [0.05, 0.1) is 6.26 Å². The smallest absolute Gasteiger partial charge is 0.227 e. The Kier molecular flexibility index (Phi) is 5.03.